The van der Waals surface area contributed by atoms with E-state index in [1.54, 1.807) is 12.1 Å². The zero-order valence-electron chi connectivity index (χ0n) is 28.9. The fourth-order valence-electron chi connectivity index (χ4n) is 8.16. The zero-order chi connectivity index (χ0) is 35.9. The van der Waals surface area contributed by atoms with Crippen LogP contribution in [-0.2, 0) is 18.1 Å². The van der Waals surface area contributed by atoms with Crippen LogP contribution in [0, 0.1) is 5.92 Å². The number of halogens is 6. The van der Waals surface area contributed by atoms with Gasteiger partial charge in [-0.15, -0.1) is 0 Å². The van der Waals surface area contributed by atoms with Gasteiger partial charge in [0.2, 0.25) is 0 Å². The normalized spacial score (nSPS) is 18.4. The number of fused-ring (bicyclic) bond motifs is 3. The van der Waals surface area contributed by atoms with Gasteiger partial charge in [0, 0.05) is 24.5 Å². The fraction of sp³-hybridized carbons (Fsp3) is 0.429. The summed E-state index contributed by atoms with van der Waals surface area (Å²) in [5.41, 5.74) is 6.16. The average molecular weight is 708 g/mol. The Morgan fingerprint density at radius 2 is 1.24 bits per heavy atom. The molecule has 3 nitrogen and oxygen atoms in total. The second-order valence-corrected chi connectivity index (χ2v) is 14.2. The van der Waals surface area contributed by atoms with E-state index in [0.717, 1.165) is 116 Å². The number of nitrogens with one attached hydrogen (secondary N) is 3. The summed E-state index contributed by atoms with van der Waals surface area (Å²) in [6.45, 7) is 1.82. The summed E-state index contributed by atoms with van der Waals surface area (Å²) in [7, 11) is 0. The van der Waals surface area contributed by atoms with Crippen LogP contribution in [0.4, 0.5) is 26.3 Å². The summed E-state index contributed by atoms with van der Waals surface area (Å²) in [5.74, 6) is 0.622. The fourth-order valence-corrected chi connectivity index (χ4v) is 8.16. The van der Waals surface area contributed by atoms with Crippen molar-refractivity contribution >= 4 is 0 Å². The Bertz CT molecular complexity index is 1660. The van der Waals surface area contributed by atoms with Crippen molar-refractivity contribution in [2.75, 3.05) is 26.2 Å². The molecule has 0 bridgehead atoms. The molecule has 3 N–H and O–H groups in total. The molecule has 9 heteroatoms. The van der Waals surface area contributed by atoms with Crippen molar-refractivity contribution in [3.63, 3.8) is 0 Å². The molecule has 0 spiro atoms. The summed E-state index contributed by atoms with van der Waals surface area (Å²) in [5, 5.41) is 10.1. The highest BCUT2D eigenvalue weighted by atomic mass is 19.4. The topological polar surface area (TPSA) is 36.1 Å². The van der Waals surface area contributed by atoms with Gasteiger partial charge in [-0.3, -0.25) is 0 Å². The molecular weight excluding hydrogens is 660 g/mol. The van der Waals surface area contributed by atoms with Crippen molar-refractivity contribution in [1.29, 1.82) is 0 Å². The van der Waals surface area contributed by atoms with Gasteiger partial charge in [-0.2, -0.15) is 26.3 Å². The number of alkyl halides is 6. The lowest BCUT2D eigenvalue weighted by Crippen LogP contribution is -2.41. The first-order chi connectivity index (χ1) is 24.5. The van der Waals surface area contributed by atoms with E-state index in [4.69, 9.17) is 0 Å². The van der Waals surface area contributed by atoms with Crippen LogP contribution in [0.15, 0.2) is 97.1 Å². The smallest absolute Gasteiger partial charge is 0.316 e. The van der Waals surface area contributed by atoms with Gasteiger partial charge in [-0.05, 0) is 109 Å². The van der Waals surface area contributed by atoms with E-state index in [1.165, 1.54) is 0 Å². The van der Waals surface area contributed by atoms with Crippen LogP contribution in [0.1, 0.15) is 73.6 Å². The number of benzene rings is 4. The Labute approximate surface area is 297 Å². The molecule has 6 rings (SSSR count). The van der Waals surface area contributed by atoms with Crippen LogP contribution in [0.2, 0.25) is 0 Å². The summed E-state index contributed by atoms with van der Waals surface area (Å²) in [4.78, 5) is 0. The molecule has 4 aromatic rings. The van der Waals surface area contributed by atoms with Gasteiger partial charge in [0.15, 0.2) is 0 Å². The minimum Gasteiger partial charge on any atom is -0.316 e. The molecule has 272 valence electrons. The van der Waals surface area contributed by atoms with Crippen molar-refractivity contribution in [3.8, 4) is 22.3 Å². The van der Waals surface area contributed by atoms with E-state index < -0.39 is 29.9 Å². The third-order valence-electron chi connectivity index (χ3n) is 10.8. The van der Waals surface area contributed by atoms with E-state index >= 15 is 0 Å². The molecule has 0 amide bonds. The summed E-state index contributed by atoms with van der Waals surface area (Å²) in [6, 6.07) is 30.0. The van der Waals surface area contributed by atoms with E-state index in [1.807, 2.05) is 48.5 Å². The molecular formula is C42H47F6N3. The molecule has 0 atom stereocenters. The number of hydrogen-bond donors (Lipinski definition) is 3. The standard InChI is InChI=1S/C42H47F6N3/c43-41(44,45)29-50-28-40(38-14-6-4-12-36(38)37-13-5-7-15-39(37)40)24-8-1-9-25-49-26-30-16-22-34(23-17-30)51-27-32-10-2-3-11-35(32)31-18-20-33(21-19-31)42(46,47)48/h2-7,10-15,18-21,30,34,49-51H,1,8-9,16-17,22-29H2. The Kier molecular flexibility index (Phi) is 11.9. The summed E-state index contributed by atoms with van der Waals surface area (Å²) < 4.78 is 78.5. The lowest BCUT2D eigenvalue weighted by molar-refractivity contribution is -0.137. The first-order valence-electron chi connectivity index (χ1n) is 18.2. The van der Waals surface area contributed by atoms with Crippen molar-refractivity contribution < 1.29 is 26.3 Å². The molecule has 51 heavy (non-hydrogen) atoms. The van der Waals surface area contributed by atoms with Crippen LogP contribution in [-0.4, -0.2) is 38.4 Å². The third kappa shape index (κ3) is 9.23. The van der Waals surface area contributed by atoms with Gasteiger partial charge in [0.05, 0.1) is 12.1 Å². The van der Waals surface area contributed by atoms with Crippen LogP contribution in [0.5, 0.6) is 0 Å². The largest absolute Gasteiger partial charge is 0.416 e. The molecule has 0 radical (unpaired) electrons. The molecule has 2 aliphatic rings. The van der Waals surface area contributed by atoms with Crippen LogP contribution in [0.25, 0.3) is 22.3 Å². The molecule has 2 aliphatic carbocycles. The third-order valence-corrected chi connectivity index (χ3v) is 10.8. The molecule has 1 fully saturated rings. The lowest BCUT2D eigenvalue weighted by Gasteiger charge is -2.33. The van der Waals surface area contributed by atoms with E-state index in [0.29, 0.717) is 18.5 Å². The molecule has 0 aliphatic heterocycles. The highest BCUT2D eigenvalue weighted by molar-refractivity contribution is 5.81. The quantitative estimate of drug-likeness (QED) is 0.0851. The van der Waals surface area contributed by atoms with Crippen LogP contribution in [0.3, 0.4) is 0 Å². The highest BCUT2D eigenvalue weighted by Crippen LogP contribution is 2.51. The van der Waals surface area contributed by atoms with Gasteiger partial charge in [0.1, 0.15) is 0 Å². The van der Waals surface area contributed by atoms with Crippen molar-refractivity contribution in [3.05, 3.63) is 119 Å². The van der Waals surface area contributed by atoms with Crippen molar-refractivity contribution in [2.45, 2.75) is 81.7 Å². The molecule has 0 aromatic heterocycles. The molecule has 4 aromatic carbocycles. The molecule has 0 unspecified atom stereocenters. The molecule has 1 saturated carbocycles. The van der Waals surface area contributed by atoms with Gasteiger partial charge >= 0.3 is 12.4 Å². The van der Waals surface area contributed by atoms with Crippen molar-refractivity contribution in [1.82, 2.24) is 16.0 Å². The predicted molar refractivity (Wildman–Crippen MR) is 192 cm³/mol. The SMILES string of the molecule is FC(F)(F)CNCC1(CCCCCNCC2CCC(NCc3ccccc3-c3ccc(C(F)(F)F)cc3)CC2)c2ccccc2-c2ccccc21. The molecule has 0 heterocycles. The number of unbranched alkanes of at least 4 members (excludes halogenated alkanes) is 2. The first-order valence-corrected chi connectivity index (χ1v) is 18.2. The minimum absolute atomic E-state index is 0.252. The lowest BCUT2D eigenvalue weighted by atomic mass is 9.74. The highest BCUT2D eigenvalue weighted by Gasteiger charge is 2.43. The Morgan fingerprint density at radius 3 is 1.86 bits per heavy atom. The van der Waals surface area contributed by atoms with Crippen LogP contribution >= 0.6 is 0 Å². The monoisotopic (exact) mass is 707 g/mol. The minimum atomic E-state index is -4.35. The second-order valence-electron chi connectivity index (χ2n) is 14.2. The van der Waals surface area contributed by atoms with E-state index in [9.17, 15) is 26.3 Å². The second kappa shape index (κ2) is 16.3. The van der Waals surface area contributed by atoms with Gasteiger partial charge in [-0.25, -0.2) is 0 Å². The summed E-state index contributed by atoms with van der Waals surface area (Å²) in [6.07, 6.45) is -0.422. The Balaban J connectivity index is 0.924. The number of hydrogen-bond acceptors (Lipinski definition) is 3. The van der Waals surface area contributed by atoms with Crippen molar-refractivity contribution in [2.24, 2.45) is 5.92 Å². The summed E-state index contributed by atoms with van der Waals surface area (Å²) >= 11 is 0. The number of rotatable bonds is 15. The average Bonchev–Trinajstić information content (AvgIpc) is 3.39. The maximum Gasteiger partial charge on any atom is 0.416 e. The first kappa shape index (κ1) is 37.1. The van der Waals surface area contributed by atoms with Gasteiger partial charge < -0.3 is 16.0 Å². The Morgan fingerprint density at radius 1 is 0.627 bits per heavy atom. The molecule has 0 saturated heterocycles. The van der Waals surface area contributed by atoms with E-state index in [-0.39, 0.29) is 6.54 Å². The maximum atomic E-state index is 13.1. The van der Waals surface area contributed by atoms with E-state index in [2.05, 4.69) is 40.2 Å². The Hall–Kier alpha value is -3.66. The predicted octanol–water partition coefficient (Wildman–Crippen LogP) is 10.3. The zero-order valence-corrected chi connectivity index (χ0v) is 28.9. The van der Waals surface area contributed by atoms with Crippen LogP contribution < -0.4 is 16.0 Å². The van der Waals surface area contributed by atoms with Gasteiger partial charge in [-0.1, -0.05) is 97.8 Å². The maximum absolute atomic E-state index is 13.1. The van der Waals surface area contributed by atoms with Gasteiger partial charge in [0.25, 0.3) is 0 Å².